The number of hydrogen-bond acceptors (Lipinski definition) is 5. The molecule has 4 fully saturated rings. The molecule has 0 atom stereocenters. The lowest BCUT2D eigenvalue weighted by Gasteiger charge is -2.41. The van der Waals surface area contributed by atoms with Gasteiger partial charge >= 0.3 is 0 Å². The predicted octanol–water partition coefficient (Wildman–Crippen LogP) is 3.14. The van der Waals surface area contributed by atoms with Gasteiger partial charge in [-0.3, -0.25) is 0 Å². The van der Waals surface area contributed by atoms with Crippen molar-refractivity contribution < 1.29 is 13.5 Å². The van der Waals surface area contributed by atoms with Crippen LogP contribution in [0, 0.1) is 10.8 Å². The van der Waals surface area contributed by atoms with E-state index in [1.165, 1.54) is 0 Å². The molecule has 0 amide bonds. The molecule has 2 aliphatic heterocycles. The summed E-state index contributed by atoms with van der Waals surface area (Å²) in [6.45, 7) is 3.44. The minimum Gasteiger partial charge on any atom is -0.491 e. The summed E-state index contributed by atoms with van der Waals surface area (Å²) in [6.07, 6.45) is 5.18. The van der Waals surface area contributed by atoms with Crippen molar-refractivity contribution in [1.29, 1.82) is 0 Å². The first-order valence-corrected chi connectivity index (χ1v) is 9.69. The highest BCUT2D eigenvalue weighted by molar-refractivity contribution is 5.56. The Morgan fingerprint density at radius 1 is 1.00 bits per heavy atom. The zero-order valence-corrected chi connectivity index (χ0v) is 15.3. The van der Waals surface area contributed by atoms with E-state index in [2.05, 4.69) is 14.8 Å². The van der Waals surface area contributed by atoms with Crippen LogP contribution in [0.15, 0.2) is 6.20 Å². The van der Waals surface area contributed by atoms with Crippen molar-refractivity contribution in [3.63, 3.8) is 0 Å². The van der Waals surface area contributed by atoms with Gasteiger partial charge in [0.25, 0.3) is 0 Å². The van der Waals surface area contributed by atoms with E-state index in [1.807, 2.05) is 0 Å². The summed E-state index contributed by atoms with van der Waals surface area (Å²) in [4.78, 5) is 13.7. The predicted molar refractivity (Wildman–Crippen MR) is 95.4 cm³/mol. The maximum Gasteiger partial charge on any atom is 0.227 e. The van der Waals surface area contributed by atoms with Crippen LogP contribution in [0.3, 0.4) is 0 Å². The standard InChI is InChI=1S/C19H26F2N4O/c1-26-15-10-22-17(25-5-3-19(12-25)8-14(21)9-19)23-16(15)24-4-2-18(11-24)6-13(20)7-18/h10,13-14H,2-9,11-12H2,1H3. The molecule has 2 saturated heterocycles. The lowest BCUT2D eigenvalue weighted by Crippen LogP contribution is -2.41. The second-order valence-electron chi connectivity index (χ2n) is 8.92. The molecule has 0 aromatic carbocycles. The molecule has 1 aromatic heterocycles. The molecule has 2 spiro atoms. The highest BCUT2D eigenvalue weighted by Gasteiger charge is 2.50. The van der Waals surface area contributed by atoms with Crippen LogP contribution >= 0.6 is 0 Å². The Labute approximate surface area is 152 Å². The molecule has 1 aromatic rings. The first kappa shape index (κ1) is 16.5. The maximum atomic E-state index is 13.4. The molecule has 5 nitrogen and oxygen atoms in total. The number of aromatic nitrogens is 2. The van der Waals surface area contributed by atoms with Gasteiger partial charge in [0.1, 0.15) is 12.3 Å². The van der Waals surface area contributed by atoms with E-state index in [-0.39, 0.29) is 10.8 Å². The molecular formula is C19H26F2N4O. The summed E-state index contributed by atoms with van der Waals surface area (Å²) in [5.74, 6) is 2.19. The van der Waals surface area contributed by atoms with Gasteiger partial charge < -0.3 is 14.5 Å². The Balaban J connectivity index is 1.36. The first-order chi connectivity index (χ1) is 12.5. The lowest BCUT2D eigenvalue weighted by molar-refractivity contribution is 0.0447. The van der Waals surface area contributed by atoms with Crippen molar-refractivity contribution in [2.24, 2.45) is 10.8 Å². The monoisotopic (exact) mass is 364 g/mol. The van der Waals surface area contributed by atoms with Crippen LogP contribution < -0.4 is 14.5 Å². The molecule has 5 rings (SSSR count). The highest BCUT2D eigenvalue weighted by atomic mass is 19.1. The molecule has 142 valence electrons. The number of hydrogen-bond donors (Lipinski definition) is 0. The van der Waals surface area contributed by atoms with Crippen LogP contribution in [-0.2, 0) is 0 Å². The van der Waals surface area contributed by atoms with Gasteiger partial charge in [0, 0.05) is 26.2 Å². The van der Waals surface area contributed by atoms with E-state index >= 15 is 0 Å². The van der Waals surface area contributed by atoms with Crippen LogP contribution in [-0.4, -0.2) is 55.6 Å². The highest BCUT2D eigenvalue weighted by Crippen LogP contribution is 2.52. The molecule has 2 aliphatic carbocycles. The third kappa shape index (κ3) is 2.54. The van der Waals surface area contributed by atoms with Gasteiger partial charge in [0.05, 0.1) is 13.3 Å². The Bertz CT molecular complexity index is 703. The summed E-state index contributed by atoms with van der Waals surface area (Å²) in [7, 11) is 1.63. The minimum absolute atomic E-state index is 0.120. The zero-order valence-electron chi connectivity index (χ0n) is 15.3. The number of methoxy groups -OCH3 is 1. The van der Waals surface area contributed by atoms with Crippen molar-refractivity contribution in [3.8, 4) is 5.75 Å². The molecule has 0 radical (unpaired) electrons. The summed E-state index contributed by atoms with van der Waals surface area (Å²) in [5, 5.41) is 0. The Morgan fingerprint density at radius 2 is 1.58 bits per heavy atom. The van der Waals surface area contributed by atoms with Gasteiger partial charge in [-0.05, 0) is 49.4 Å². The molecule has 3 heterocycles. The zero-order chi connectivity index (χ0) is 17.9. The number of nitrogens with zero attached hydrogens (tertiary/aromatic N) is 4. The van der Waals surface area contributed by atoms with E-state index < -0.39 is 12.3 Å². The first-order valence-electron chi connectivity index (χ1n) is 9.69. The summed E-state index contributed by atoms with van der Waals surface area (Å²) < 4.78 is 32.2. The molecule has 0 bridgehead atoms. The van der Waals surface area contributed by atoms with Crippen LogP contribution in [0.2, 0.25) is 0 Å². The third-order valence-electron chi connectivity index (χ3n) is 7.02. The fourth-order valence-electron chi connectivity index (χ4n) is 5.52. The Hall–Kier alpha value is -1.66. The molecule has 0 N–H and O–H groups in total. The Morgan fingerprint density at radius 3 is 2.15 bits per heavy atom. The van der Waals surface area contributed by atoms with Gasteiger partial charge in [-0.1, -0.05) is 0 Å². The number of rotatable bonds is 3. The van der Waals surface area contributed by atoms with E-state index in [1.54, 1.807) is 13.3 Å². The largest absolute Gasteiger partial charge is 0.491 e. The van der Waals surface area contributed by atoms with E-state index in [0.29, 0.717) is 37.4 Å². The molecular weight excluding hydrogens is 338 g/mol. The lowest BCUT2D eigenvalue weighted by atomic mass is 9.67. The molecule has 2 saturated carbocycles. The van der Waals surface area contributed by atoms with Gasteiger partial charge in [-0.2, -0.15) is 4.98 Å². The van der Waals surface area contributed by atoms with Gasteiger partial charge in [0.15, 0.2) is 11.6 Å². The number of alkyl halides is 2. The molecule has 26 heavy (non-hydrogen) atoms. The molecule has 4 aliphatic rings. The summed E-state index contributed by atoms with van der Waals surface area (Å²) in [5.41, 5.74) is 0.248. The SMILES string of the molecule is COc1cnc(N2CCC3(CC(F)C3)C2)nc1N1CCC2(CC(F)C2)C1. The number of ether oxygens (including phenoxy) is 1. The van der Waals surface area contributed by atoms with Crippen LogP contribution in [0.25, 0.3) is 0 Å². The normalized spacial score (nSPS) is 38.7. The smallest absolute Gasteiger partial charge is 0.227 e. The van der Waals surface area contributed by atoms with Gasteiger partial charge in [-0.15, -0.1) is 0 Å². The maximum absolute atomic E-state index is 13.4. The average molecular weight is 364 g/mol. The van der Waals surface area contributed by atoms with Crippen molar-refractivity contribution in [2.75, 3.05) is 43.1 Å². The number of anilines is 2. The minimum atomic E-state index is -0.639. The average Bonchev–Trinajstić information content (AvgIpc) is 3.19. The van der Waals surface area contributed by atoms with Gasteiger partial charge in [0.2, 0.25) is 5.95 Å². The van der Waals surface area contributed by atoms with Crippen molar-refractivity contribution in [1.82, 2.24) is 9.97 Å². The molecule has 0 unspecified atom stereocenters. The van der Waals surface area contributed by atoms with E-state index in [0.717, 1.165) is 44.8 Å². The second kappa shape index (κ2) is 5.67. The third-order valence-corrected chi connectivity index (χ3v) is 7.02. The van der Waals surface area contributed by atoms with Crippen LogP contribution in [0.4, 0.5) is 20.5 Å². The fraction of sp³-hybridized carbons (Fsp3) is 0.789. The topological polar surface area (TPSA) is 41.5 Å². The second-order valence-corrected chi connectivity index (χ2v) is 8.92. The van der Waals surface area contributed by atoms with E-state index in [4.69, 9.17) is 9.72 Å². The fourth-order valence-corrected chi connectivity index (χ4v) is 5.52. The van der Waals surface area contributed by atoms with Crippen molar-refractivity contribution in [2.45, 2.75) is 50.9 Å². The molecule has 7 heteroatoms. The quantitative estimate of drug-likeness (QED) is 0.824. The Kier molecular flexibility index (Phi) is 3.60. The van der Waals surface area contributed by atoms with Crippen LogP contribution in [0.1, 0.15) is 38.5 Å². The van der Waals surface area contributed by atoms with Gasteiger partial charge in [-0.25, -0.2) is 13.8 Å². The van der Waals surface area contributed by atoms with E-state index in [9.17, 15) is 8.78 Å². The van der Waals surface area contributed by atoms with Crippen molar-refractivity contribution >= 4 is 11.8 Å². The summed E-state index contributed by atoms with van der Waals surface area (Å²) in [6, 6.07) is 0. The van der Waals surface area contributed by atoms with Crippen LogP contribution in [0.5, 0.6) is 5.75 Å². The summed E-state index contributed by atoms with van der Waals surface area (Å²) >= 11 is 0. The number of halogens is 2. The van der Waals surface area contributed by atoms with Crippen molar-refractivity contribution in [3.05, 3.63) is 6.20 Å².